The molecule has 0 aromatic carbocycles. The van der Waals surface area contributed by atoms with Crippen molar-refractivity contribution in [3.8, 4) is 0 Å². The van der Waals surface area contributed by atoms with Crippen molar-refractivity contribution in [3.05, 3.63) is 12.2 Å². The van der Waals surface area contributed by atoms with Crippen LogP contribution >= 0.6 is 0 Å². The van der Waals surface area contributed by atoms with Crippen LogP contribution in [-0.4, -0.2) is 36.0 Å². The Morgan fingerprint density at radius 1 is 1.44 bits per heavy atom. The van der Waals surface area contributed by atoms with Gasteiger partial charge in [-0.3, -0.25) is 4.79 Å². The molecular weight excluding hydrogens is 200 g/mol. The van der Waals surface area contributed by atoms with Gasteiger partial charge in [-0.15, -0.1) is 0 Å². The van der Waals surface area contributed by atoms with E-state index in [4.69, 9.17) is 0 Å². The van der Waals surface area contributed by atoms with Crippen molar-refractivity contribution in [2.45, 2.75) is 51.1 Å². The molecule has 2 unspecified atom stereocenters. The van der Waals surface area contributed by atoms with Gasteiger partial charge in [-0.25, -0.2) is 0 Å². The van der Waals surface area contributed by atoms with E-state index in [1.165, 1.54) is 0 Å². The van der Waals surface area contributed by atoms with Gasteiger partial charge in [0.25, 0.3) is 0 Å². The lowest BCUT2D eigenvalue weighted by molar-refractivity contribution is -0.131. The summed E-state index contributed by atoms with van der Waals surface area (Å²) in [7, 11) is 0. The highest BCUT2D eigenvalue weighted by atomic mass is 16.2. The molecule has 16 heavy (non-hydrogen) atoms. The average molecular weight is 222 g/mol. The number of carbonyl (C=O) groups is 1. The Hall–Kier alpha value is -0.830. The molecule has 0 saturated carbocycles. The predicted octanol–water partition coefficient (Wildman–Crippen LogP) is 1.70. The predicted molar refractivity (Wildman–Crippen MR) is 65.2 cm³/mol. The second kappa shape index (κ2) is 5.48. The van der Waals surface area contributed by atoms with Crippen molar-refractivity contribution in [1.29, 1.82) is 0 Å². The van der Waals surface area contributed by atoms with Gasteiger partial charge in [-0.2, -0.15) is 0 Å². The van der Waals surface area contributed by atoms with E-state index in [2.05, 4.69) is 29.3 Å². The second-order valence-corrected chi connectivity index (χ2v) is 4.77. The normalized spacial score (nSPS) is 30.1. The lowest BCUT2D eigenvalue weighted by Crippen LogP contribution is -2.43. The maximum Gasteiger partial charge on any atom is 0.240 e. The zero-order valence-electron chi connectivity index (χ0n) is 10.1. The standard InChI is InChI=1S/C13H22N2O/c1-2-9-14-12-8-10-15(13(12)16)11-6-4-3-5-7-11/h3-4,11-12,14H,2,5-10H2,1H3. The zero-order chi connectivity index (χ0) is 11.4. The first-order valence-corrected chi connectivity index (χ1v) is 6.51. The first kappa shape index (κ1) is 11.6. The maximum absolute atomic E-state index is 12.1. The Morgan fingerprint density at radius 3 is 3.00 bits per heavy atom. The van der Waals surface area contributed by atoms with Gasteiger partial charge < -0.3 is 10.2 Å². The average Bonchev–Trinajstić information content (AvgIpc) is 2.69. The number of hydrogen-bond donors (Lipinski definition) is 1. The Balaban J connectivity index is 1.88. The van der Waals surface area contributed by atoms with E-state index in [0.29, 0.717) is 11.9 Å². The van der Waals surface area contributed by atoms with Crippen LogP contribution in [-0.2, 0) is 4.79 Å². The first-order valence-electron chi connectivity index (χ1n) is 6.51. The minimum Gasteiger partial charge on any atom is -0.338 e. The fourth-order valence-corrected chi connectivity index (χ4v) is 2.63. The van der Waals surface area contributed by atoms with E-state index in [1.54, 1.807) is 0 Å². The van der Waals surface area contributed by atoms with Crippen molar-refractivity contribution < 1.29 is 4.79 Å². The topological polar surface area (TPSA) is 32.3 Å². The van der Waals surface area contributed by atoms with E-state index in [-0.39, 0.29) is 6.04 Å². The van der Waals surface area contributed by atoms with Crippen LogP contribution in [0.2, 0.25) is 0 Å². The third-order valence-corrected chi connectivity index (χ3v) is 3.56. The zero-order valence-corrected chi connectivity index (χ0v) is 10.1. The number of carbonyl (C=O) groups excluding carboxylic acids is 1. The SMILES string of the molecule is CCCNC1CCN(C2CC=CCC2)C1=O. The number of amides is 1. The van der Waals surface area contributed by atoms with Crippen LogP contribution in [0.1, 0.15) is 39.0 Å². The van der Waals surface area contributed by atoms with Crippen LogP contribution in [0.25, 0.3) is 0 Å². The lowest BCUT2D eigenvalue weighted by atomic mass is 10.0. The minimum absolute atomic E-state index is 0.0888. The molecule has 2 atom stereocenters. The number of nitrogens with one attached hydrogen (secondary N) is 1. The fraction of sp³-hybridized carbons (Fsp3) is 0.769. The number of allylic oxidation sites excluding steroid dienone is 1. The Bertz CT molecular complexity index is 275. The molecule has 0 aromatic rings. The summed E-state index contributed by atoms with van der Waals surface area (Å²) in [5.74, 6) is 0.328. The van der Waals surface area contributed by atoms with Gasteiger partial charge in [0.2, 0.25) is 5.91 Å². The monoisotopic (exact) mass is 222 g/mol. The van der Waals surface area contributed by atoms with E-state index in [0.717, 1.165) is 45.2 Å². The number of hydrogen-bond acceptors (Lipinski definition) is 2. The smallest absolute Gasteiger partial charge is 0.240 e. The molecule has 0 bridgehead atoms. The molecule has 1 N–H and O–H groups in total. The molecule has 0 spiro atoms. The van der Waals surface area contributed by atoms with Crippen molar-refractivity contribution in [2.24, 2.45) is 0 Å². The summed E-state index contributed by atoms with van der Waals surface area (Å²) in [6.45, 7) is 4.03. The third-order valence-electron chi connectivity index (χ3n) is 3.56. The molecule has 2 rings (SSSR count). The van der Waals surface area contributed by atoms with Crippen molar-refractivity contribution >= 4 is 5.91 Å². The van der Waals surface area contributed by atoms with Gasteiger partial charge in [0, 0.05) is 12.6 Å². The first-order chi connectivity index (χ1) is 7.83. The summed E-state index contributed by atoms with van der Waals surface area (Å²) in [5.41, 5.74) is 0. The highest BCUT2D eigenvalue weighted by Gasteiger charge is 2.34. The summed E-state index contributed by atoms with van der Waals surface area (Å²) in [6, 6.07) is 0.553. The number of rotatable bonds is 4. The van der Waals surface area contributed by atoms with Crippen LogP contribution in [0.15, 0.2) is 12.2 Å². The molecule has 1 fully saturated rings. The summed E-state index contributed by atoms with van der Waals surface area (Å²) in [6.07, 6.45) is 9.84. The molecule has 1 heterocycles. The minimum atomic E-state index is 0.0888. The van der Waals surface area contributed by atoms with Crippen molar-refractivity contribution in [1.82, 2.24) is 10.2 Å². The highest BCUT2D eigenvalue weighted by Crippen LogP contribution is 2.23. The molecule has 1 aliphatic carbocycles. The highest BCUT2D eigenvalue weighted by molar-refractivity contribution is 5.84. The van der Waals surface area contributed by atoms with E-state index >= 15 is 0 Å². The van der Waals surface area contributed by atoms with E-state index < -0.39 is 0 Å². The molecule has 1 aliphatic heterocycles. The van der Waals surface area contributed by atoms with Crippen LogP contribution < -0.4 is 5.32 Å². The van der Waals surface area contributed by atoms with Crippen LogP contribution in [0.3, 0.4) is 0 Å². The van der Waals surface area contributed by atoms with Gasteiger partial charge in [-0.1, -0.05) is 19.1 Å². The summed E-state index contributed by atoms with van der Waals surface area (Å²) < 4.78 is 0. The van der Waals surface area contributed by atoms with Crippen molar-refractivity contribution in [2.75, 3.05) is 13.1 Å². The van der Waals surface area contributed by atoms with E-state index in [1.807, 2.05) is 0 Å². The van der Waals surface area contributed by atoms with Crippen LogP contribution in [0, 0.1) is 0 Å². The van der Waals surface area contributed by atoms with Gasteiger partial charge >= 0.3 is 0 Å². The molecule has 0 aromatic heterocycles. The molecule has 3 heteroatoms. The Kier molecular flexibility index (Phi) is 3.99. The molecule has 1 amide bonds. The molecule has 3 nitrogen and oxygen atoms in total. The van der Waals surface area contributed by atoms with Crippen molar-refractivity contribution in [3.63, 3.8) is 0 Å². The summed E-state index contributed by atoms with van der Waals surface area (Å²) in [4.78, 5) is 14.2. The maximum atomic E-state index is 12.1. The lowest BCUT2D eigenvalue weighted by Gasteiger charge is -2.29. The summed E-state index contributed by atoms with van der Waals surface area (Å²) >= 11 is 0. The summed E-state index contributed by atoms with van der Waals surface area (Å²) in [5, 5.41) is 3.34. The largest absolute Gasteiger partial charge is 0.338 e. The number of nitrogens with zero attached hydrogens (tertiary/aromatic N) is 1. The van der Waals surface area contributed by atoms with Gasteiger partial charge in [0.15, 0.2) is 0 Å². The molecular formula is C13H22N2O. The molecule has 0 radical (unpaired) electrons. The van der Waals surface area contributed by atoms with Crippen LogP contribution in [0.5, 0.6) is 0 Å². The Labute approximate surface area is 97.9 Å². The molecule has 1 saturated heterocycles. The second-order valence-electron chi connectivity index (χ2n) is 4.77. The quantitative estimate of drug-likeness (QED) is 0.734. The Morgan fingerprint density at radius 2 is 2.31 bits per heavy atom. The number of likely N-dealkylation sites (tertiary alicyclic amines) is 1. The third kappa shape index (κ3) is 2.46. The van der Waals surface area contributed by atoms with Gasteiger partial charge in [0.1, 0.15) is 0 Å². The van der Waals surface area contributed by atoms with E-state index in [9.17, 15) is 4.79 Å². The molecule has 2 aliphatic rings. The fourth-order valence-electron chi connectivity index (χ4n) is 2.63. The molecule has 90 valence electrons. The van der Waals surface area contributed by atoms with Crippen LogP contribution in [0.4, 0.5) is 0 Å². The van der Waals surface area contributed by atoms with Gasteiger partial charge in [0.05, 0.1) is 6.04 Å². The van der Waals surface area contributed by atoms with Gasteiger partial charge in [-0.05, 0) is 38.6 Å².